The van der Waals surface area contributed by atoms with Gasteiger partial charge in [-0.25, -0.2) is 0 Å². The number of benzene rings is 1. The summed E-state index contributed by atoms with van der Waals surface area (Å²) in [5, 5.41) is 21.1. The second-order valence-electron chi connectivity index (χ2n) is 4.25. The van der Waals surface area contributed by atoms with Crippen molar-refractivity contribution >= 4 is 11.7 Å². The van der Waals surface area contributed by atoms with E-state index in [9.17, 15) is 14.7 Å². The fraction of sp³-hybridized carbons (Fsp3) is 0.385. The number of hydrogen-bond donors (Lipinski definition) is 3. The van der Waals surface area contributed by atoms with Gasteiger partial charge in [0.1, 0.15) is 0 Å². The molecule has 6 heteroatoms. The van der Waals surface area contributed by atoms with Gasteiger partial charge in [-0.1, -0.05) is 0 Å². The number of hydrogen-bond acceptors (Lipinski definition) is 5. The highest BCUT2D eigenvalue weighted by Crippen LogP contribution is 2.24. The topological polar surface area (TPSA) is 89.9 Å². The summed E-state index contributed by atoms with van der Waals surface area (Å²) in [5.41, 5.74) is 0.290. The summed E-state index contributed by atoms with van der Waals surface area (Å²) in [6.07, 6.45) is 0. The molecule has 1 amide bonds. The highest BCUT2D eigenvalue weighted by atomic mass is 16.3. The van der Waals surface area contributed by atoms with E-state index in [0.29, 0.717) is 6.54 Å². The molecule has 0 aromatic heterocycles. The van der Waals surface area contributed by atoms with Crippen LogP contribution in [-0.2, 0) is 4.79 Å². The number of nitrogens with one attached hydrogen (secondary N) is 1. The van der Waals surface area contributed by atoms with E-state index in [0.717, 1.165) is 0 Å². The predicted octanol–water partition coefficient (Wildman–Crippen LogP) is 0.348. The van der Waals surface area contributed by atoms with Crippen LogP contribution in [0, 0.1) is 0 Å². The molecule has 104 valence electrons. The van der Waals surface area contributed by atoms with Crippen molar-refractivity contribution in [2.45, 2.75) is 6.92 Å². The van der Waals surface area contributed by atoms with Gasteiger partial charge in [0.05, 0.1) is 13.1 Å². The van der Waals surface area contributed by atoms with Gasteiger partial charge >= 0.3 is 0 Å². The molecule has 6 nitrogen and oxygen atoms in total. The molecule has 1 rings (SSSR count). The molecule has 0 spiro atoms. The Labute approximate surface area is 111 Å². The van der Waals surface area contributed by atoms with Crippen LogP contribution >= 0.6 is 0 Å². The van der Waals surface area contributed by atoms with Crippen LogP contribution in [0.15, 0.2) is 18.2 Å². The third-order valence-corrected chi connectivity index (χ3v) is 2.50. The Bertz CT molecular complexity index is 474. The number of phenolic OH excluding ortho intramolecular Hbond substituents is 2. The number of carbonyl (C=O) groups is 2. The number of carbonyl (C=O) groups excluding carboxylic acids is 2. The SMILES string of the molecule is CCNC(=O)CN(C)CC(=O)c1ccc(O)c(O)c1. The molecular weight excluding hydrogens is 248 g/mol. The summed E-state index contributed by atoms with van der Waals surface area (Å²) >= 11 is 0. The van der Waals surface area contributed by atoms with Crippen LogP contribution in [-0.4, -0.2) is 53.5 Å². The average Bonchev–Trinajstić information content (AvgIpc) is 2.32. The number of amides is 1. The lowest BCUT2D eigenvalue weighted by Gasteiger charge is -2.15. The zero-order valence-corrected chi connectivity index (χ0v) is 11.0. The lowest BCUT2D eigenvalue weighted by molar-refractivity contribution is -0.121. The van der Waals surface area contributed by atoms with Crippen molar-refractivity contribution in [2.24, 2.45) is 0 Å². The standard InChI is InChI=1S/C13H18N2O4/c1-3-14-13(19)8-15(2)7-12(18)9-4-5-10(16)11(17)6-9/h4-6,16-17H,3,7-8H2,1-2H3,(H,14,19). The third kappa shape index (κ3) is 4.59. The van der Waals surface area contributed by atoms with Gasteiger partial charge in [0.2, 0.25) is 5.91 Å². The first-order chi connectivity index (χ1) is 8.93. The monoisotopic (exact) mass is 266 g/mol. The van der Waals surface area contributed by atoms with Gasteiger partial charge in [0, 0.05) is 12.1 Å². The molecule has 19 heavy (non-hydrogen) atoms. The van der Waals surface area contributed by atoms with Crippen LogP contribution in [0.4, 0.5) is 0 Å². The molecule has 0 fully saturated rings. The normalized spacial score (nSPS) is 10.5. The largest absolute Gasteiger partial charge is 0.504 e. The molecule has 0 aliphatic heterocycles. The van der Waals surface area contributed by atoms with E-state index < -0.39 is 0 Å². The zero-order chi connectivity index (χ0) is 14.4. The molecule has 1 aromatic rings. The number of ketones is 1. The minimum Gasteiger partial charge on any atom is -0.504 e. The van der Waals surface area contributed by atoms with Crippen LogP contribution in [0.5, 0.6) is 11.5 Å². The molecule has 0 atom stereocenters. The maximum atomic E-state index is 11.9. The Balaban J connectivity index is 2.59. The molecule has 3 N–H and O–H groups in total. The van der Waals surface area contributed by atoms with Crippen LogP contribution in [0.2, 0.25) is 0 Å². The lowest BCUT2D eigenvalue weighted by atomic mass is 10.1. The molecule has 0 bridgehead atoms. The van der Waals surface area contributed by atoms with E-state index in [-0.39, 0.29) is 41.8 Å². The second kappa shape index (κ2) is 6.75. The highest BCUT2D eigenvalue weighted by molar-refractivity contribution is 5.98. The maximum Gasteiger partial charge on any atom is 0.234 e. The van der Waals surface area contributed by atoms with Gasteiger partial charge in [-0.05, 0) is 32.2 Å². The minimum atomic E-state index is -0.336. The van der Waals surface area contributed by atoms with Gasteiger partial charge in [-0.2, -0.15) is 0 Å². The molecule has 0 saturated carbocycles. The van der Waals surface area contributed by atoms with E-state index in [4.69, 9.17) is 5.11 Å². The van der Waals surface area contributed by atoms with E-state index in [1.165, 1.54) is 18.2 Å². The van der Waals surface area contributed by atoms with E-state index >= 15 is 0 Å². The minimum absolute atomic E-state index is 0.0569. The molecular formula is C13H18N2O4. The van der Waals surface area contributed by atoms with Crippen LogP contribution in [0.25, 0.3) is 0 Å². The number of likely N-dealkylation sites (N-methyl/N-ethyl adjacent to an activating group) is 2. The van der Waals surface area contributed by atoms with Crippen LogP contribution in [0.1, 0.15) is 17.3 Å². The van der Waals surface area contributed by atoms with Crippen LogP contribution in [0.3, 0.4) is 0 Å². The maximum absolute atomic E-state index is 11.9. The number of nitrogens with zero attached hydrogens (tertiary/aromatic N) is 1. The fourth-order valence-electron chi connectivity index (χ4n) is 1.59. The number of rotatable bonds is 6. The molecule has 0 radical (unpaired) electrons. The summed E-state index contributed by atoms with van der Waals surface area (Å²) < 4.78 is 0. The number of Topliss-reactive ketones (excluding diaryl/α,β-unsaturated/α-hetero) is 1. The summed E-state index contributed by atoms with van der Waals surface area (Å²) in [4.78, 5) is 24.8. The third-order valence-electron chi connectivity index (χ3n) is 2.50. The van der Waals surface area contributed by atoms with Gasteiger partial charge < -0.3 is 15.5 Å². The van der Waals surface area contributed by atoms with Crippen LogP contribution < -0.4 is 5.32 Å². The van der Waals surface area contributed by atoms with Gasteiger partial charge in [0.25, 0.3) is 0 Å². The van der Waals surface area contributed by atoms with Crippen molar-refractivity contribution in [3.63, 3.8) is 0 Å². The molecule has 0 aliphatic rings. The lowest BCUT2D eigenvalue weighted by Crippen LogP contribution is -2.37. The summed E-state index contributed by atoms with van der Waals surface area (Å²) in [6.45, 7) is 2.56. The number of aromatic hydroxyl groups is 2. The second-order valence-corrected chi connectivity index (χ2v) is 4.25. The molecule has 1 aromatic carbocycles. The molecule has 0 saturated heterocycles. The zero-order valence-electron chi connectivity index (χ0n) is 11.0. The van der Waals surface area contributed by atoms with Crippen molar-refractivity contribution in [1.29, 1.82) is 0 Å². The first-order valence-corrected chi connectivity index (χ1v) is 5.94. The Kier molecular flexibility index (Phi) is 5.32. The Morgan fingerprint density at radius 1 is 1.21 bits per heavy atom. The summed E-state index contributed by atoms with van der Waals surface area (Å²) in [5.74, 6) is -0.988. The Morgan fingerprint density at radius 3 is 2.47 bits per heavy atom. The van der Waals surface area contributed by atoms with Crippen molar-refractivity contribution in [2.75, 3.05) is 26.7 Å². The van der Waals surface area contributed by atoms with Crippen molar-refractivity contribution in [1.82, 2.24) is 10.2 Å². The van der Waals surface area contributed by atoms with E-state index in [1.807, 2.05) is 6.92 Å². The first kappa shape index (κ1) is 15.0. The Hall–Kier alpha value is -2.08. The predicted molar refractivity (Wildman–Crippen MR) is 70.3 cm³/mol. The molecule has 0 unspecified atom stereocenters. The smallest absolute Gasteiger partial charge is 0.234 e. The molecule has 0 heterocycles. The quantitative estimate of drug-likeness (QED) is 0.510. The van der Waals surface area contributed by atoms with Crippen molar-refractivity contribution < 1.29 is 19.8 Å². The van der Waals surface area contributed by atoms with Gasteiger partial charge in [-0.15, -0.1) is 0 Å². The van der Waals surface area contributed by atoms with E-state index in [2.05, 4.69) is 5.32 Å². The van der Waals surface area contributed by atoms with Gasteiger partial charge in [-0.3, -0.25) is 14.5 Å². The molecule has 0 aliphatic carbocycles. The number of phenols is 2. The summed E-state index contributed by atoms with van der Waals surface area (Å²) in [7, 11) is 1.66. The summed E-state index contributed by atoms with van der Waals surface area (Å²) in [6, 6.07) is 3.89. The first-order valence-electron chi connectivity index (χ1n) is 5.94. The van der Waals surface area contributed by atoms with Crippen molar-refractivity contribution in [3.8, 4) is 11.5 Å². The van der Waals surface area contributed by atoms with E-state index in [1.54, 1.807) is 11.9 Å². The fourth-order valence-corrected chi connectivity index (χ4v) is 1.59. The van der Waals surface area contributed by atoms with Gasteiger partial charge in [0.15, 0.2) is 17.3 Å². The Morgan fingerprint density at radius 2 is 1.89 bits per heavy atom. The average molecular weight is 266 g/mol. The van der Waals surface area contributed by atoms with Crippen molar-refractivity contribution in [3.05, 3.63) is 23.8 Å². The highest BCUT2D eigenvalue weighted by Gasteiger charge is 2.13.